The highest BCUT2D eigenvalue weighted by molar-refractivity contribution is 6.01. The van der Waals surface area contributed by atoms with Crippen LogP contribution in [0.5, 0.6) is 0 Å². The SMILES string of the molecule is O=C(c1ccccc1-c1ccc(F)cc1)N1C[C@H]2CC(O)C[C@H]2C1. The van der Waals surface area contributed by atoms with Gasteiger partial charge in [-0.3, -0.25) is 4.79 Å². The molecule has 124 valence electrons. The number of hydrogen-bond donors (Lipinski definition) is 1. The van der Waals surface area contributed by atoms with E-state index in [-0.39, 0.29) is 17.8 Å². The monoisotopic (exact) mass is 325 g/mol. The predicted octanol–water partition coefficient (Wildman–Crippen LogP) is 3.34. The third-order valence-corrected chi connectivity index (χ3v) is 5.33. The normalized spacial score (nSPS) is 25.8. The second kappa shape index (κ2) is 6.02. The van der Waals surface area contributed by atoms with Crippen molar-refractivity contribution in [3.63, 3.8) is 0 Å². The number of rotatable bonds is 2. The predicted molar refractivity (Wildman–Crippen MR) is 90.0 cm³/mol. The maximum absolute atomic E-state index is 13.2. The van der Waals surface area contributed by atoms with Crippen LogP contribution >= 0.6 is 0 Å². The molecule has 1 aliphatic carbocycles. The number of likely N-dealkylation sites (tertiary alicyclic amines) is 1. The maximum Gasteiger partial charge on any atom is 0.254 e. The van der Waals surface area contributed by atoms with Crippen molar-refractivity contribution < 1.29 is 14.3 Å². The summed E-state index contributed by atoms with van der Waals surface area (Å²) in [5, 5.41) is 9.76. The minimum atomic E-state index is -0.284. The first-order valence-corrected chi connectivity index (χ1v) is 8.44. The minimum absolute atomic E-state index is 0.0267. The molecule has 2 aromatic rings. The average Bonchev–Trinajstić information content (AvgIpc) is 3.12. The summed E-state index contributed by atoms with van der Waals surface area (Å²) in [6.07, 6.45) is 1.39. The average molecular weight is 325 g/mol. The van der Waals surface area contributed by atoms with Crippen molar-refractivity contribution in [3.05, 3.63) is 59.9 Å². The fourth-order valence-corrected chi connectivity index (χ4v) is 4.15. The van der Waals surface area contributed by atoms with Gasteiger partial charge in [-0.1, -0.05) is 30.3 Å². The molecule has 0 aromatic heterocycles. The molecule has 24 heavy (non-hydrogen) atoms. The van der Waals surface area contributed by atoms with Crippen molar-refractivity contribution in [3.8, 4) is 11.1 Å². The van der Waals surface area contributed by atoms with Gasteiger partial charge < -0.3 is 10.0 Å². The maximum atomic E-state index is 13.2. The van der Waals surface area contributed by atoms with Gasteiger partial charge in [0.2, 0.25) is 0 Å². The molecule has 1 unspecified atom stereocenters. The Morgan fingerprint density at radius 2 is 1.62 bits per heavy atom. The van der Waals surface area contributed by atoms with E-state index in [0.717, 1.165) is 37.1 Å². The molecule has 1 heterocycles. The lowest BCUT2D eigenvalue weighted by molar-refractivity contribution is 0.0766. The van der Waals surface area contributed by atoms with Crippen molar-refractivity contribution >= 4 is 5.91 Å². The molecule has 1 N–H and O–H groups in total. The molecule has 2 aromatic carbocycles. The lowest BCUT2D eigenvalue weighted by Gasteiger charge is -2.20. The zero-order valence-electron chi connectivity index (χ0n) is 13.4. The Kier molecular flexibility index (Phi) is 3.85. The molecule has 2 fully saturated rings. The number of aliphatic hydroxyl groups excluding tert-OH is 1. The van der Waals surface area contributed by atoms with Crippen molar-refractivity contribution in [2.45, 2.75) is 18.9 Å². The molecule has 0 bridgehead atoms. The van der Waals surface area contributed by atoms with E-state index in [1.54, 1.807) is 12.1 Å². The second-order valence-corrected chi connectivity index (χ2v) is 6.91. The molecule has 3 atom stereocenters. The highest BCUT2D eigenvalue weighted by Crippen LogP contribution is 2.39. The van der Waals surface area contributed by atoms with Gasteiger partial charge in [0, 0.05) is 18.7 Å². The van der Waals surface area contributed by atoms with E-state index in [2.05, 4.69) is 0 Å². The summed E-state index contributed by atoms with van der Waals surface area (Å²) in [5.41, 5.74) is 2.33. The van der Waals surface area contributed by atoms with E-state index < -0.39 is 0 Å². The van der Waals surface area contributed by atoms with Crippen LogP contribution in [-0.4, -0.2) is 35.1 Å². The first-order valence-electron chi connectivity index (χ1n) is 8.44. The van der Waals surface area contributed by atoms with Crippen LogP contribution in [0.1, 0.15) is 23.2 Å². The van der Waals surface area contributed by atoms with Crippen LogP contribution in [-0.2, 0) is 0 Å². The Hall–Kier alpha value is -2.20. The molecule has 1 saturated carbocycles. The zero-order chi connectivity index (χ0) is 16.7. The van der Waals surface area contributed by atoms with Crippen molar-refractivity contribution in [1.29, 1.82) is 0 Å². The van der Waals surface area contributed by atoms with Gasteiger partial charge in [-0.2, -0.15) is 0 Å². The van der Waals surface area contributed by atoms with E-state index in [0.29, 0.717) is 17.4 Å². The largest absolute Gasteiger partial charge is 0.393 e. The van der Waals surface area contributed by atoms with E-state index in [9.17, 15) is 14.3 Å². The van der Waals surface area contributed by atoms with E-state index in [1.165, 1.54) is 12.1 Å². The number of halogens is 1. The standard InChI is InChI=1S/C20H20FNO2/c21-16-7-5-13(6-8-16)18-3-1-2-4-19(18)20(24)22-11-14-9-17(23)10-15(14)12-22/h1-8,14-15,17,23H,9-12H2/t14-,15+,17?. The molecule has 0 radical (unpaired) electrons. The van der Waals surface area contributed by atoms with E-state index in [4.69, 9.17) is 0 Å². The number of aliphatic hydroxyl groups is 1. The first kappa shape index (κ1) is 15.3. The number of fused-ring (bicyclic) bond motifs is 1. The van der Waals surface area contributed by atoms with Crippen LogP contribution in [0.2, 0.25) is 0 Å². The van der Waals surface area contributed by atoms with E-state index in [1.807, 2.05) is 29.2 Å². The molecular formula is C20H20FNO2. The Bertz CT molecular complexity index is 744. The van der Waals surface area contributed by atoms with Gasteiger partial charge in [-0.15, -0.1) is 0 Å². The molecule has 1 saturated heterocycles. The van der Waals surface area contributed by atoms with Gasteiger partial charge >= 0.3 is 0 Å². The fourth-order valence-electron chi connectivity index (χ4n) is 4.15. The van der Waals surface area contributed by atoms with Crippen LogP contribution in [0.3, 0.4) is 0 Å². The molecule has 4 heteroatoms. The molecule has 0 spiro atoms. The Labute approximate surface area is 140 Å². The number of hydrogen-bond acceptors (Lipinski definition) is 2. The quantitative estimate of drug-likeness (QED) is 0.920. The third kappa shape index (κ3) is 2.71. The van der Waals surface area contributed by atoms with Crippen LogP contribution in [0.25, 0.3) is 11.1 Å². The smallest absolute Gasteiger partial charge is 0.254 e. The zero-order valence-corrected chi connectivity index (χ0v) is 13.4. The minimum Gasteiger partial charge on any atom is -0.393 e. The summed E-state index contributed by atoms with van der Waals surface area (Å²) < 4.78 is 13.2. The van der Waals surface area contributed by atoms with Crippen molar-refractivity contribution in [2.24, 2.45) is 11.8 Å². The van der Waals surface area contributed by atoms with E-state index >= 15 is 0 Å². The Balaban J connectivity index is 1.61. The number of carbonyl (C=O) groups excluding carboxylic acids is 1. The van der Waals surface area contributed by atoms with Gasteiger partial charge in [0.05, 0.1) is 6.10 Å². The summed E-state index contributed by atoms with van der Waals surface area (Å²) in [7, 11) is 0. The summed E-state index contributed by atoms with van der Waals surface area (Å²) in [5.74, 6) is 0.580. The van der Waals surface area contributed by atoms with Crippen LogP contribution in [0.4, 0.5) is 4.39 Å². The lowest BCUT2D eigenvalue weighted by atomic mass is 9.99. The second-order valence-electron chi connectivity index (χ2n) is 6.91. The lowest BCUT2D eigenvalue weighted by Crippen LogP contribution is -2.30. The number of benzene rings is 2. The molecule has 1 amide bonds. The summed E-state index contributed by atoms with van der Waals surface area (Å²) in [6.45, 7) is 1.44. The summed E-state index contributed by atoms with van der Waals surface area (Å²) in [4.78, 5) is 14.9. The third-order valence-electron chi connectivity index (χ3n) is 5.33. The van der Waals surface area contributed by atoms with Gasteiger partial charge in [-0.25, -0.2) is 4.39 Å². The van der Waals surface area contributed by atoms with Crippen LogP contribution in [0, 0.1) is 17.7 Å². The van der Waals surface area contributed by atoms with Crippen LogP contribution < -0.4 is 0 Å². The number of nitrogens with zero attached hydrogens (tertiary/aromatic N) is 1. The highest BCUT2D eigenvalue weighted by atomic mass is 19.1. The highest BCUT2D eigenvalue weighted by Gasteiger charge is 2.42. The number of carbonyl (C=O) groups is 1. The van der Waals surface area contributed by atoms with Crippen LogP contribution in [0.15, 0.2) is 48.5 Å². The van der Waals surface area contributed by atoms with Crippen molar-refractivity contribution in [1.82, 2.24) is 4.90 Å². The first-order chi connectivity index (χ1) is 11.6. The molecule has 4 rings (SSSR count). The van der Waals surface area contributed by atoms with Gasteiger partial charge in [0.15, 0.2) is 0 Å². The molecule has 1 aliphatic heterocycles. The Morgan fingerprint density at radius 3 is 2.29 bits per heavy atom. The number of amides is 1. The molecular weight excluding hydrogens is 305 g/mol. The summed E-state index contributed by atoms with van der Waals surface area (Å²) in [6, 6.07) is 13.7. The van der Waals surface area contributed by atoms with Gasteiger partial charge in [0.1, 0.15) is 5.82 Å². The molecule has 2 aliphatic rings. The van der Waals surface area contributed by atoms with Gasteiger partial charge in [0.25, 0.3) is 5.91 Å². The Morgan fingerprint density at radius 1 is 1.00 bits per heavy atom. The molecule has 3 nitrogen and oxygen atoms in total. The summed E-state index contributed by atoms with van der Waals surface area (Å²) >= 11 is 0. The van der Waals surface area contributed by atoms with Crippen molar-refractivity contribution in [2.75, 3.05) is 13.1 Å². The fraction of sp³-hybridized carbons (Fsp3) is 0.350. The van der Waals surface area contributed by atoms with Gasteiger partial charge in [-0.05, 0) is 54.0 Å². The topological polar surface area (TPSA) is 40.5 Å².